The van der Waals surface area contributed by atoms with Gasteiger partial charge < -0.3 is 20.3 Å². The summed E-state index contributed by atoms with van der Waals surface area (Å²) in [6.07, 6.45) is 14.2. The van der Waals surface area contributed by atoms with Crippen molar-refractivity contribution in [2.24, 2.45) is 11.8 Å². The summed E-state index contributed by atoms with van der Waals surface area (Å²) in [5.74, 6) is -1.91. The van der Waals surface area contributed by atoms with Gasteiger partial charge in [-0.15, -0.1) is 11.8 Å². The van der Waals surface area contributed by atoms with Crippen molar-refractivity contribution in [2.45, 2.75) is 93.0 Å². The van der Waals surface area contributed by atoms with E-state index in [1.54, 1.807) is 16.7 Å². The van der Waals surface area contributed by atoms with Crippen LogP contribution in [0.3, 0.4) is 0 Å². The summed E-state index contributed by atoms with van der Waals surface area (Å²) in [5.41, 5.74) is -0.414. The van der Waals surface area contributed by atoms with Crippen molar-refractivity contribution in [1.82, 2.24) is 15.1 Å². The summed E-state index contributed by atoms with van der Waals surface area (Å²) in [6.45, 7) is 4.42. The Morgan fingerprint density at radius 1 is 1.07 bits per heavy atom. The van der Waals surface area contributed by atoms with Gasteiger partial charge in [0.2, 0.25) is 17.7 Å². The minimum Gasteiger partial charge on any atom is -0.359 e. The monoisotopic (exact) mass is 566 g/mol. The number of carbonyl (C=O) groups is 3. The molecule has 2 N–H and O–H groups in total. The highest BCUT2D eigenvalue weighted by molar-refractivity contribution is 7.98. The Hall–Kier alpha value is -2.36. The number of nitrogens with zero attached hydrogens (tertiary/aromatic N) is 2. The number of carbonyl (C=O) groups excluding carboxylic acids is 3. The zero-order chi connectivity index (χ0) is 27.9. The summed E-state index contributed by atoms with van der Waals surface area (Å²) >= 11 is 1.61. The second kappa shape index (κ2) is 11.5. The van der Waals surface area contributed by atoms with E-state index in [0.29, 0.717) is 24.8 Å². The van der Waals surface area contributed by atoms with Crippen molar-refractivity contribution in [2.75, 3.05) is 31.2 Å². The first-order valence-electron chi connectivity index (χ1n) is 15.1. The van der Waals surface area contributed by atoms with Gasteiger partial charge in [0.1, 0.15) is 11.6 Å². The highest BCUT2D eigenvalue weighted by Gasteiger charge is 2.72. The number of anilines is 1. The summed E-state index contributed by atoms with van der Waals surface area (Å²) < 4.78 is 6.52. The molecule has 8 nitrogen and oxygen atoms in total. The predicted molar refractivity (Wildman–Crippen MR) is 156 cm³/mol. The Balaban J connectivity index is 1.27. The van der Waals surface area contributed by atoms with Gasteiger partial charge in [-0.2, -0.15) is 0 Å². The molecular formula is C31H42N4O4S. The van der Waals surface area contributed by atoms with Crippen LogP contribution in [0.5, 0.6) is 0 Å². The molecule has 1 spiro atoms. The number of thioether (sulfide) groups is 1. The number of piperidine rings is 1. The van der Waals surface area contributed by atoms with Gasteiger partial charge in [0, 0.05) is 35.8 Å². The average molecular weight is 567 g/mol. The molecule has 1 aromatic carbocycles. The molecular weight excluding hydrogens is 524 g/mol. The van der Waals surface area contributed by atoms with Crippen LogP contribution in [-0.2, 0) is 19.1 Å². The number of fused-ring (bicyclic) bond motifs is 1. The molecule has 216 valence electrons. The van der Waals surface area contributed by atoms with Crippen LogP contribution in [-0.4, -0.2) is 83.2 Å². The zero-order valence-electron chi connectivity index (χ0n) is 23.6. The van der Waals surface area contributed by atoms with Crippen molar-refractivity contribution in [3.63, 3.8) is 0 Å². The van der Waals surface area contributed by atoms with E-state index >= 15 is 0 Å². The number of benzene rings is 1. The van der Waals surface area contributed by atoms with Crippen molar-refractivity contribution < 1.29 is 19.1 Å². The minimum atomic E-state index is -1.11. The van der Waals surface area contributed by atoms with E-state index in [1.807, 2.05) is 42.7 Å². The minimum absolute atomic E-state index is 0.126. The highest BCUT2D eigenvalue weighted by Crippen LogP contribution is 2.55. The number of rotatable bonds is 8. The van der Waals surface area contributed by atoms with E-state index in [-0.39, 0.29) is 23.8 Å². The van der Waals surface area contributed by atoms with Crippen LogP contribution in [0, 0.1) is 11.8 Å². The SMILES string of the molecule is CSc1cccc(NC(=O)C2[C@@H]3C=CC4(O3)C(C(=O)NC3CCCCC3)N(CCN3CCCCC3C)C(=O)[C@H]24)c1. The molecule has 3 amide bonds. The van der Waals surface area contributed by atoms with Gasteiger partial charge in [-0.25, -0.2) is 0 Å². The van der Waals surface area contributed by atoms with Gasteiger partial charge in [0.15, 0.2) is 0 Å². The van der Waals surface area contributed by atoms with E-state index in [0.717, 1.165) is 50.0 Å². The van der Waals surface area contributed by atoms with Crippen LogP contribution >= 0.6 is 11.8 Å². The lowest BCUT2D eigenvalue weighted by Crippen LogP contribution is -2.57. The lowest BCUT2D eigenvalue weighted by atomic mass is 9.74. The number of nitrogens with one attached hydrogen (secondary N) is 2. The van der Waals surface area contributed by atoms with E-state index in [9.17, 15) is 14.4 Å². The Morgan fingerprint density at radius 2 is 1.88 bits per heavy atom. The number of hydrogen-bond acceptors (Lipinski definition) is 6. The van der Waals surface area contributed by atoms with Gasteiger partial charge in [0.05, 0.1) is 17.9 Å². The van der Waals surface area contributed by atoms with Crippen molar-refractivity contribution >= 4 is 35.2 Å². The quantitative estimate of drug-likeness (QED) is 0.367. The maximum absolute atomic E-state index is 14.2. The molecule has 4 fully saturated rings. The second-order valence-corrected chi connectivity index (χ2v) is 13.1. The van der Waals surface area contributed by atoms with E-state index in [4.69, 9.17) is 4.74 Å². The lowest BCUT2D eigenvalue weighted by Gasteiger charge is -2.37. The smallest absolute Gasteiger partial charge is 0.246 e. The normalized spacial score (nSPS) is 33.8. The van der Waals surface area contributed by atoms with E-state index in [2.05, 4.69) is 22.5 Å². The molecule has 2 bridgehead atoms. The number of hydrogen-bond donors (Lipinski definition) is 2. The molecule has 0 aromatic heterocycles. The molecule has 3 saturated heterocycles. The molecule has 9 heteroatoms. The van der Waals surface area contributed by atoms with Crippen molar-refractivity contribution in [3.05, 3.63) is 36.4 Å². The van der Waals surface area contributed by atoms with Gasteiger partial charge in [-0.3, -0.25) is 19.3 Å². The molecule has 6 atom stereocenters. The van der Waals surface area contributed by atoms with Gasteiger partial charge in [-0.1, -0.05) is 43.9 Å². The average Bonchev–Trinajstić information content (AvgIpc) is 3.60. The third-order valence-electron chi connectivity index (χ3n) is 9.78. The molecule has 5 aliphatic rings. The molecule has 1 saturated carbocycles. The van der Waals surface area contributed by atoms with Gasteiger partial charge in [0.25, 0.3) is 0 Å². The Morgan fingerprint density at radius 3 is 2.65 bits per heavy atom. The number of ether oxygens (including phenoxy) is 1. The first-order chi connectivity index (χ1) is 19.4. The molecule has 6 rings (SSSR count). The first-order valence-corrected chi connectivity index (χ1v) is 16.3. The topological polar surface area (TPSA) is 91.0 Å². The second-order valence-electron chi connectivity index (χ2n) is 12.2. The Kier molecular flexibility index (Phi) is 7.98. The summed E-state index contributed by atoms with van der Waals surface area (Å²) in [6, 6.07) is 7.52. The van der Waals surface area contributed by atoms with Crippen molar-refractivity contribution in [1.29, 1.82) is 0 Å². The maximum Gasteiger partial charge on any atom is 0.246 e. The van der Waals surface area contributed by atoms with Crippen LogP contribution in [0.15, 0.2) is 41.3 Å². The fourth-order valence-corrected chi connectivity index (χ4v) is 8.15. The fourth-order valence-electron chi connectivity index (χ4n) is 7.69. The molecule has 0 radical (unpaired) electrons. The van der Waals surface area contributed by atoms with Crippen LogP contribution in [0.2, 0.25) is 0 Å². The van der Waals surface area contributed by atoms with Gasteiger partial charge in [-0.05, 0) is 63.6 Å². The summed E-state index contributed by atoms with van der Waals surface area (Å²) in [7, 11) is 0. The third kappa shape index (κ3) is 4.98. The summed E-state index contributed by atoms with van der Waals surface area (Å²) in [4.78, 5) is 47.2. The Bertz CT molecular complexity index is 1170. The van der Waals surface area contributed by atoms with E-state index in [1.165, 1.54) is 12.8 Å². The van der Waals surface area contributed by atoms with Gasteiger partial charge >= 0.3 is 0 Å². The molecule has 4 unspecified atom stereocenters. The fraction of sp³-hybridized carbons (Fsp3) is 0.645. The van der Waals surface area contributed by atoms with Crippen LogP contribution in [0.4, 0.5) is 5.69 Å². The van der Waals surface area contributed by atoms with Crippen LogP contribution in [0.25, 0.3) is 0 Å². The number of amides is 3. The van der Waals surface area contributed by atoms with E-state index < -0.39 is 29.6 Å². The standard InChI is InChI=1S/C31H42N4O4S/c1-20-9-6-7-16-34(20)17-18-35-27(29(37)32-21-10-4-3-5-11-21)31-15-14-24(39-31)25(26(31)30(35)38)28(36)33-22-12-8-13-23(19-22)40-2/h8,12-15,19-21,24-27H,3-7,9-11,16-18H2,1-2H3,(H,32,37)(H,33,36)/t20?,24-,25?,26-,27?,31?/m0/s1. The van der Waals surface area contributed by atoms with Crippen LogP contribution in [0.1, 0.15) is 58.3 Å². The lowest BCUT2D eigenvalue weighted by molar-refractivity contribution is -0.141. The highest BCUT2D eigenvalue weighted by atomic mass is 32.2. The first kappa shape index (κ1) is 27.8. The van der Waals surface area contributed by atoms with Crippen molar-refractivity contribution in [3.8, 4) is 0 Å². The molecule has 4 aliphatic heterocycles. The molecule has 1 aliphatic carbocycles. The maximum atomic E-state index is 14.2. The van der Waals surface area contributed by atoms with Crippen LogP contribution < -0.4 is 10.6 Å². The predicted octanol–water partition coefficient (Wildman–Crippen LogP) is 3.82. The largest absolute Gasteiger partial charge is 0.359 e. The summed E-state index contributed by atoms with van der Waals surface area (Å²) in [5, 5.41) is 6.32. The number of likely N-dealkylation sites (tertiary alicyclic amines) is 2. The third-order valence-corrected chi connectivity index (χ3v) is 10.5. The molecule has 1 aromatic rings. The Labute approximate surface area is 241 Å². The zero-order valence-corrected chi connectivity index (χ0v) is 24.5. The molecule has 4 heterocycles. The molecule has 40 heavy (non-hydrogen) atoms.